The molecule has 0 saturated heterocycles. The minimum Gasteiger partial charge on any atom is -0.380 e. The molecule has 0 spiro atoms. The monoisotopic (exact) mass is 377 g/mol. The predicted octanol–water partition coefficient (Wildman–Crippen LogP) is 3.53. The van der Waals surface area contributed by atoms with Crippen LogP contribution >= 0.6 is 23.2 Å². The number of aromatic nitrogens is 2. The maximum Gasteiger partial charge on any atom is 0.193 e. The quantitative estimate of drug-likeness (QED) is 0.809. The molecule has 0 aliphatic rings. The van der Waals surface area contributed by atoms with Crippen molar-refractivity contribution in [1.29, 1.82) is 0 Å². The van der Waals surface area contributed by atoms with E-state index in [-0.39, 0.29) is 26.3 Å². The van der Waals surface area contributed by atoms with E-state index >= 15 is 0 Å². The molecule has 124 valence electrons. The van der Waals surface area contributed by atoms with Crippen LogP contribution in [0.3, 0.4) is 0 Å². The Morgan fingerprint density at radius 2 is 2.09 bits per heavy atom. The van der Waals surface area contributed by atoms with Gasteiger partial charge in [0.2, 0.25) is 0 Å². The zero-order chi connectivity index (χ0) is 17.4. The van der Waals surface area contributed by atoms with Crippen LogP contribution in [0.5, 0.6) is 0 Å². The predicted molar refractivity (Wildman–Crippen MR) is 90.4 cm³/mol. The fourth-order valence-corrected chi connectivity index (χ4v) is 3.95. The van der Waals surface area contributed by atoms with Crippen LogP contribution < -0.4 is 5.32 Å². The van der Waals surface area contributed by atoms with Crippen molar-refractivity contribution < 1.29 is 12.8 Å². The van der Waals surface area contributed by atoms with E-state index in [0.717, 1.165) is 17.0 Å². The van der Waals surface area contributed by atoms with E-state index in [1.165, 1.54) is 13.1 Å². The zero-order valence-corrected chi connectivity index (χ0v) is 14.7. The number of halogens is 3. The summed E-state index contributed by atoms with van der Waals surface area (Å²) < 4.78 is 38.9. The van der Waals surface area contributed by atoms with Crippen LogP contribution in [-0.2, 0) is 16.9 Å². The van der Waals surface area contributed by atoms with Crippen LogP contribution in [-0.4, -0.2) is 31.0 Å². The molecule has 0 unspecified atom stereocenters. The minimum absolute atomic E-state index is 0.0328. The largest absolute Gasteiger partial charge is 0.380 e. The van der Waals surface area contributed by atoms with Gasteiger partial charge >= 0.3 is 0 Å². The second-order valence-electron chi connectivity index (χ2n) is 4.84. The van der Waals surface area contributed by atoms with Gasteiger partial charge in [-0.05, 0) is 12.1 Å². The maximum atomic E-state index is 14.3. The number of nitrogens with one attached hydrogen (secondary N) is 1. The fourth-order valence-electron chi connectivity index (χ4n) is 2.11. The third-order valence-corrected chi connectivity index (χ3v) is 4.99. The van der Waals surface area contributed by atoms with Gasteiger partial charge in [-0.1, -0.05) is 29.3 Å². The molecule has 0 aliphatic heterocycles. The molecule has 9 heteroatoms. The van der Waals surface area contributed by atoms with E-state index in [1.807, 2.05) is 0 Å². The first-order valence-electron chi connectivity index (χ1n) is 6.43. The average molecular weight is 378 g/mol. The van der Waals surface area contributed by atoms with Gasteiger partial charge in [-0.25, -0.2) is 12.8 Å². The van der Waals surface area contributed by atoms with E-state index in [2.05, 4.69) is 17.0 Å². The lowest BCUT2D eigenvalue weighted by molar-refractivity contribution is 0.583. The smallest absolute Gasteiger partial charge is 0.193 e. The van der Waals surface area contributed by atoms with Crippen molar-refractivity contribution in [3.8, 4) is 11.3 Å². The second-order valence-corrected chi connectivity index (χ2v) is 7.56. The molecular weight excluding hydrogens is 364 g/mol. The summed E-state index contributed by atoms with van der Waals surface area (Å²) in [6.45, 7) is 4.00. The molecule has 5 nitrogen and oxygen atoms in total. The topological polar surface area (TPSA) is 64.0 Å². The number of sulfone groups is 1. The number of hydrogen-bond donors (Lipinski definition) is 1. The molecule has 0 radical (unpaired) electrons. The lowest BCUT2D eigenvalue weighted by atomic mass is 10.1. The summed E-state index contributed by atoms with van der Waals surface area (Å²) in [6, 6.07) is 2.55. The Morgan fingerprint density at radius 1 is 1.43 bits per heavy atom. The van der Waals surface area contributed by atoms with Crippen LogP contribution in [0.4, 0.5) is 10.1 Å². The molecule has 0 aliphatic carbocycles. The highest BCUT2D eigenvalue weighted by Crippen LogP contribution is 2.37. The molecule has 0 bridgehead atoms. The van der Waals surface area contributed by atoms with Gasteiger partial charge in [0.1, 0.15) is 16.5 Å². The van der Waals surface area contributed by atoms with Crippen LogP contribution in [0.25, 0.3) is 11.3 Å². The standard InChI is InChI=1S/C14H14Cl2FN3O2S/c1-4-5-18-11-6-8(10(17)7-9(11)15)13-12(16)14(20(2)19-13)23(3,21)22/h4,6-7,18H,1,5H2,2-3H3. The molecule has 2 rings (SSSR count). The Labute approximate surface area is 143 Å². The van der Waals surface area contributed by atoms with Crippen molar-refractivity contribution in [1.82, 2.24) is 9.78 Å². The Kier molecular flexibility index (Phi) is 5.03. The van der Waals surface area contributed by atoms with Gasteiger partial charge in [-0.2, -0.15) is 5.10 Å². The molecule has 1 heterocycles. The van der Waals surface area contributed by atoms with Crippen LogP contribution in [0, 0.1) is 5.82 Å². The summed E-state index contributed by atoms with van der Waals surface area (Å²) in [6.07, 6.45) is 2.63. The molecule has 0 atom stereocenters. The number of nitrogens with zero attached hydrogens (tertiary/aromatic N) is 2. The van der Waals surface area contributed by atoms with Gasteiger partial charge in [0.05, 0.1) is 10.7 Å². The number of anilines is 1. The van der Waals surface area contributed by atoms with Crippen molar-refractivity contribution in [2.24, 2.45) is 7.05 Å². The zero-order valence-electron chi connectivity index (χ0n) is 12.4. The summed E-state index contributed by atoms with van der Waals surface area (Å²) in [5.74, 6) is -0.654. The SMILES string of the molecule is C=CCNc1cc(-c2nn(C)c(S(C)(=O)=O)c2Cl)c(F)cc1Cl. The van der Waals surface area contributed by atoms with E-state index in [0.29, 0.717) is 12.2 Å². The van der Waals surface area contributed by atoms with E-state index in [1.54, 1.807) is 6.08 Å². The molecule has 0 saturated carbocycles. The summed E-state index contributed by atoms with van der Waals surface area (Å²) >= 11 is 12.1. The first kappa shape index (κ1) is 17.8. The van der Waals surface area contributed by atoms with Crippen molar-refractivity contribution in [3.05, 3.63) is 40.7 Å². The van der Waals surface area contributed by atoms with Crippen LogP contribution in [0.2, 0.25) is 10.0 Å². The van der Waals surface area contributed by atoms with Gasteiger partial charge in [0, 0.05) is 25.4 Å². The molecule has 0 fully saturated rings. The first-order valence-corrected chi connectivity index (χ1v) is 9.08. The van der Waals surface area contributed by atoms with Crippen molar-refractivity contribution in [2.45, 2.75) is 5.03 Å². The van der Waals surface area contributed by atoms with Gasteiger partial charge in [0.25, 0.3) is 0 Å². The molecule has 1 N–H and O–H groups in total. The third kappa shape index (κ3) is 3.52. The first-order chi connectivity index (χ1) is 10.7. The van der Waals surface area contributed by atoms with E-state index in [4.69, 9.17) is 23.2 Å². The number of hydrogen-bond acceptors (Lipinski definition) is 4. The third-order valence-electron chi connectivity index (χ3n) is 3.04. The Balaban J connectivity index is 2.65. The lowest BCUT2D eigenvalue weighted by Gasteiger charge is -2.09. The van der Waals surface area contributed by atoms with E-state index < -0.39 is 15.7 Å². The molecule has 1 aromatic heterocycles. The highest BCUT2D eigenvalue weighted by atomic mass is 35.5. The van der Waals surface area contributed by atoms with Gasteiger partial charge in [-0.15, -0.1) is 6.58 Å². The van der Waals surface area contributed by atoms with Crippen molar-refractivity contribution >= 4 is 38.7 Å². The Morgan fingerprint density at radius 3 is 2.61 bits per heavy atom. The number of rotatable bonds is 5. The fraction of sp³-hybridized carbons (Fsp3) is 0.214. The van der Waals surface area contributed by atoms with Gasteiger partial charge in [-0.3, -0.25) is 4.68 Å². The minimum atomic E-state index is -3.61. The van der Waals surface area contributed by atoms with Crippen molar-refractivity contribution in [3.63, 3.8) is 0 Å². The summed E-state index contributed by atoms with van der Waals surface area (Å²) in [5, 5.41) is 6.87. The maximum absolute atomic E-state index is 14.3. The number of aryl methyl sites for hydroxylation is 1. The summed E-state index contributed by atoms with van der Waals surface area (Å²) in [5.41, 5.74) is 0.549. The van der Waals surface area contributed by atoms with Crippen LogP contribution in [0.1, 0.15) is 0 Å². The molecule has 2 aromatic rings. The normalized spacial score (nSPS) is 11.5. The van der Waals surface area contributed by atoms with Crippen molar-refractivity contribution in [2.75, 3.05) is 18.1 Å². The summed E-state index contributed by atoms with van der Waals surface area (Å²) in [4.78, 5) is 0. The molecular formula is C14H14Cl2FN3O2S. The Bertz CT molecular complexity index is 879. The lowest BCUT2D eigenvalue weighted by Crippen LogP contribution is -2.05. The molecule has 0 amide bonds. The summed E-state index contributed by atoms with van der Waals surface area (Å²) in [7, 11) is -2.18. The Hall–Kier alpha value is -1.57. The van der Waals surface area contributed by atoms with Gasteiger partial charge < -0.3 is 5.32 Å². The number of benzene rings is 1. The highest BCUT2D eigenvalue weighted by Gasteiger charge is 2.25. The van der Waals surface area contributed by atoms with Crippen LogP contribution in [0.15, 0.2) is 29.8 Å². The molecule has 23 heavy (non-hydrogen) atoms. The van der Waals surface area contributed by atoms with Gasteiger partial charge in [0.15, 0.2) is 14.9 Å². The average Bonchev–Trinajstić information content (AvgIpc) is 2.72. The van der Waals surface area contributed by atoms with E-state index in [9.17, 15) is 12.8 Å². The highest BCUT2D eigenvalue weighted by molar-refractivity contribution is 7.90. The second kappa shape index (κ2) is 6.51. The molecule has 1 aromatic carbocycles.